The molecule has 0 saturated carbocycles. The third-order valence-electron chi connectivity index (χ3n) is 11.5. The zero-order valence-corrected chi connectivity index (χ0v) is 37.6. The van der Waals surface area contributed by atoms with Gasteiger partial charge in [-0.3, -0.25) is 9.97 Å². The first-order valence-corrected chi connectivity index (χ1v) is 21.9. The second-order valence-corrected chi connectivity index (χ2v) is 16.1. The second kappa shape index (κ2) is 21.0. The normalized spacial score (nSPS) is 13.4. The third kappa shape index (κ3) is 10.5. The van der Waals surface area contributed by atoms with Gasteiger partial charge in [-0.25, -0.2) is 18.7 Å². The molecular weight excluding hydrogens is 870 g/mol. The molecule has 2 fully saturated rings. The molecular formula is C52H45ClF2N10O2. The number of halogens is 3. The van der Waals surface area contributed by atoms with Crippen LogP contribution in [0.3, 0.4) is 0 Å². The number of benzene rings is 4. The molecule has 6 heterocycles. The van der Waals surface area contributed by atoms with Crippen molar-refractivity contribution in [2.45, 2.75) is 13.8 Å². The lowest BCUT2D eigenvalue weighted by Gasteiger charge is -2.29. The van der Waals surface area contributed by atoms with Gasteiger partial charge in [0.1, 0.15) is 23.8 Å². The van der Waals surface area contributed by atoms with Gasteiger partial charge in [-0.05, 0) is 110 Å². The zero-order valence-electron chi connectivity index (χ0n) is 36.8. The lowest BCUT2D eigenvalue weighted by molar-refractivity contribution is 0.122. The number of nitrogens with two attached hydrogens (primary N) is 1. The molecule has 4 aromatic carbocycles. The fraction of sp³-hybridized carbons (Fsp3) is 0.192. The highest BCUT2D eigenvalue weighted by Crippen LogP contribution is 2.37. The molecule has 0 amide bonds. The van der Waals surface area contributed by atoms with E-state index in [4.69, 9.17) is 37.1 Å². The molecule has 15 heteroatoms. The van der Waals surface area contributed by atoms with Crippen LogP contribution in [0.2, 0.25) is 5.02 Å². The first-order chi connectivity index (χ1) is 32.6. The number of hydrogen-bond acceptors (Lipinski definition) is 12. The average Bonchev–Trinajstić information content (AvgIpc) is 3.37. The number of nitrogen functional groups attached to an aromatic ring is 1. The molecule has 10 rings (SSSR count). The standard InChI is InChI=1S/C26H22FN5O.C15H10ClFN2.C11H13N3O/c1-17-25(19-3-2-8-29-16-19)31-24-13-20(27)5-7-22(24)26(17)30-23-14-21(6-4-18(23)15-28)32-9-11-33-12-10-32;1-9-14(16)12-5-4-11(17)7-13(12)19-15(9)10-3-2-6-18-8-10;12-8-9-1-2-10(7-11(9)13)14-3-5-15-6-4-14/h2-8,13-14,16H,9-12H2,1H3,(H,30,31);2-8H,1H3;1-2,7H,3-6,13H2. The number of rotatable bonds is 6. The highest BCUT2D eigenvalue weighted by atomic mass is 35.5. The monoisotopic (exact) mass is 914 g/mol. The summed E-state index contributed by atoms with van der Waals surface area (Å²) in [7, 11) is 0. The van der Waals surface area contributed by atoms with E-state index in [0.29, 0.717) is 57.5 Å². The Labute approximate surface area is 391 Å². The van der Waals surface area contributed by atoms with E-state index in [-0.39, 0.29) is 11.6 Å². The fourth-order valence-corrected chi connectivity index (χ4v) is 8.16. The molecule has 12 nitrogen and oxygen atoms in total. The molecule has 8 aromatic rings. The number of nitriles is 2. The summed E-state index contributed by atoms with van der Waals surface area (Å²) in [6.45, 7) is 10.1. The van der Waals surface area contributed by atoms with E-state index in [0.717, 1.165) is 95.2 Å². The summed E-state index contributed by atoms with van der Waals surface area (Å²) >= 11 is 6.35. The summed E-state index contributed by atoms with van der Waals surface area (Å²) in [5, 5.41) is 24.1. The Morgan fingerprint density at radius 1 is 0.642 bits per heavy atom. The van der Waals surface area contributed by atoms with Crippen LogP contribution in [0, 0.1) is 48.1 Å². The van der Waals surface area contributed by atoms with Gasteiger partial charge in [0.2, 0.25) is 0 Å². The van der Waals surface area contributed by atoms with Gasteiger partial charge in [0, 0.05) is 96.4 Å². The van der Waals surface area contributed by atoms with Crippen LogP contribution in [0.25, 0.3) is 44.3 Å². The van der Waals surface area contributed by atoms with E-state index in [2.05, 4.69) is 42.2 Å². The molecule has 0 bridgehead atoms. The Hall–Kier alpha value is -7.75. The van der Waals surface area contributed by atoms with Crippen LogP contribution in [-0.4, -0.2) is 72.5 Å². The van der Waals surface area contributed by atoms with Gasteiger partial charge >= 0.3 is 0 Å². The predicted molar refractivity (Wildman–Crippen MR) is 260 cm³/mol. The number of nitrogens with one attached hydrogen (secondary N) is 1. The van der Waals surface area contributed by atoms with E-state index < -0.39 is 0 Å². The molecule has 4 aromatic heterocycles. The van der Waals surface area contributed by atoms with Gasteiger partial charge in [0.05, 0.1) is 82.1 Å². The Morgan fingerprint density at radius 2 is 1.15 bits per heavy atom. The predicted octanol–water partition coefficient (Wildman–Crippen LogP) is 10.6. The van der Waals surface area contributed by atoms with Gasteiger partial charge in [-0.2, -0.15) is 10.5 Å². The quantitative estimate of drug-likeness (QED) is 0.152. The summed E-state index contributed by atoms with van der Waals surface area (Å²) < 4.78 is 38.1. The van der Waals surface area contributed by atoms with Crippen molar-refractivity contribution in [1.29, 1.82) is 10.5 Å². The van der Waals surface area contributed by atoms with Gasteiger partial charge in [0.15, 0.2) is 0 Å². The molecule has 2 aliphatic rings. The Kier molecular flexibility index (Phi) is 14.4. The second-order valence-electron chi connectivity index (χ2n) is 15.7. The molecule has 0 atom stereocenters. The Morgan fingerprint density at radius 3 is 1.67 bits per heavy atom. The van der Waals surface area contributed by atoms with Crippen molar-refractivity contribution in [2.75, 3.05) is 73.5 Å². The minimum absolute atomic E-state index is 0.322. The lowest BCUT2D eigenvalue weighted by Crippen LogP contribution is -2.36. The molecule has 2 saturated heterocycles. The Bertz CT molecular complexity index is 3140. The molecule has 0 unspecified atom stereocenters. The van der Waals surface area contributed by atoms with Crippen molar-refractivity contribution in [1.82, 2.24) is 19.9 Å². The van der Waals surface area contributed by atoms with Crippen LogP contribution in [0.1, 0.15) is 22.3 Å². The smallest absolute Gasteiger partial charge is 0.125 e. The lowest BCUT2D eigenvalue weighted by atomic mass is 10.0. The summed E-state index contributed by atoms with van der Waals surface area (Å²) in [4.78, 5) is 22.0. The van der Waals surface area contributed by atoms with Crippen molar-refractivity contribution in [3.8, 4) is 34.7 Å². The van der Waals surface area contributed by atoms with Crippen molar-refractivity contribution < 1.29 is 18.3 Å². The highest BCUT2D eigenvalue weighted by Gasteiger charge is 2.19. The molecule has 0 aliphatic carbocycles. The van der Waals surface area contributed by atoms with Gasteiger partial charge in [-0.1, -0.05) is 11.6 Å². The number of fused-ring (bicyclic) bond motifs is 2. The van der Waals surface area contributed by atoms with E-state index in [1.165, 1.54) is 24.3 Å². The van der Waals surface area contributed by atoms with Crippen molar-refractivity contribution in [3.05, 3.63) is 161 Å². The molecule has 0 radical (unpaired) electrons. The van der Waals surface area contributed by atoms with Crippen molar-refractivity contribution >= 4 is 61.8 Å². The molecule has 2 aliphatic heterocycles. The van der Waals surface area contributed by atoms with E-state index in [1.807, 2.05) is 68.4 Å². The molecule has 3 N–H and O–H groups in total. The van der Waals surface area contributed by atoms with Crippen LogP contribution in [0.4, 0.5) is 37.2 Å². The SMILES string of the molecule is Cc1c(-c2cccnc2)nc2cc(F)ccc2c1Cl.Cc1c(-c2cccnc2)nc2cc(F)ccc2c1Nc1cc(N2CCOCC2)ccc1C#N.N#Cc1ccc(N2CCOCC2)cc1N. The zero-order chi connectivity index (χ0) is 46.9. The van der Waals surface area contributed by atoms with Crippen molar-refractivity contribution in [2.24, 2.45) is 0 Å². The number of morpholine rings is 2. The van der Waals surface area contributed by atoms with E-state index >= 15 is 0 Å². The minimum atomic E-state index is -0.353. The molecule has 336 valence electrons. The van der Waals surface area contributed by atoms with Crippen LogP contribution >= 0.6 is 11.6 Å². The molecule has 67 heavy (non-hydrogen) atoms. The van der Waals surface area contributed by atoms with E-state index in [9.17, 15) is 14.0 Å². The number of aromatic nitrogens is 4. The summed E-state index contributed by atoms with van der Waals surface area (Å²) in [5.74, 6) is -0.675. The average molecular weight is 915 g/mol. The van der Waals surface area contributed by atoms with E-state index in [1.54, 1.807) is 43.0 Å². The number of nitrogens with zero attached hydrogens (tertiary/aromatic N) is 8. The van der Waals surface area contributed by atoms with Crippen LogP contribution < -0.4 is 20.9 Å². The number of ether oxygens (including phenoxy) is 2. The maximum Gasteiger partial charge on any atom is 0.125 e. The topological polar surface area (TPSA) is 162 Å². The maximum absolute atomic E-state index is 14.1. The first kappa shape index (κ1) is 45.8. The van der Waals surface area contributed by atoms with Gasteiger partial charge in [-0.15, -0.1) is 0 Å². The highest BCUT2D eigenvalue weighted by molar-refractivity contribution is 6.36. The van der Waals surface area contributed by atoms with Crippen LogP contribution in [0.5, 0.6) is 0 Å². The summed E-state index contributed by atoms with van der Waals surface area (Å²) in [6.07, 6.45) is 6.86. The van der Waals surface area contributed by atoms with Gasteiger partial charge in [0.25, 0.3) is 0 Å². The third-order valence-corrected chi connectivity index (χ3v) is 12.0. The number of pyridine rings is 4. The fourth-order valence-electron chi connectivity index (χ4n) is 7.91. The Balaban J connectivity index is 0.000000151. The first-order valence-electron chi connectivity index (χ1n) is 21.5. The molecule has 0 spiro atoms. The summed E-state index contributed by atoms with van der Waals surface area (Å²) in [5.41, 5.74) is 16.9. The summed E-state index contributed by atoms with van der Waals surface area (Å²) in [6, 6.07) is 32.2. The number of anilines is 5. The van der Waals surface area contributed by atoms with Crippen LogP contribution in [0.15, 0.2) is 122 Å². The maximum atomic E-state index is 14.1. The van der Waals surface area contributed by atoms with Crippen molar-refractivity contribution in [3.63, 3.8) is 0 Å². The minimum Gasteiger partial charge on any atom is -0.398 e. The number of hydrogen-bond donors (Lipinski definition) is 2. The van der Waals surface area contributed by atoms with Crippen LogP contribution in [-0.2, 0) is 9.47 Å². The van der Waals surface area contributed by atoms with Gasteiger partial charge < -0.3 is 30.3 Å². The largest absolute Gasteiger partial charge is 0.398 e.